The van der Waals surface area contributed by atoms with Crippen LogP contribution in [0.4, 0.5) is 9.18 Å². The number of aryl methyl sites for hydroxylation is 1. The minimum Gasteiger partial charge on any atom is -0.453 e. The highest BCUT2D eigenvalue weighted by Crippen LogP contribution is 2.44. The second-order valence-electron chi connectivity index (χ2n) is 11.7. The molecular formula is C35H43FN4O5. The minimum atomic E-state index is -1.49. The van der Waals surface area contributed by atoms with Gasteiger partial charge in [0.05, 0.1) is 12.7 Å². The number of ether oxygens (including phenoxy) is 1. The van der Waals surface area contributed by atoms with Crippen molar-refractivity contribution in [2.75, 3.05) is 33.3 Å². The Labute approximate surface area is 264 Å². The van der Waals surface area contributed by atoms with Gasteiger partial charge in [-0.15, -0.1) is 0 Å². The number of benzene rings is 3. The molecule has 45 heavy (non-hydrogen) atoms. The molecule has 0 spiro atoms. The van der Waals surface area contributed by atoms with E-state index in [-0.39, 0.29) is 37.1 Å². The number of likely N-dealkylation sites (tertiary alicyclic amines) is 1. The van der Waals surface area contributed by atoms with Gasteiger partial charge in [-0.2, -0.15) is 0 Å². The van der Waals surface area contributed by atoms with E-state index in [0.717, 1.165) is 11.1 Å². The average Bonchev–Trinajstić information content (AvgIpc) is 3.04. The van der Waals surface area contributed by atoms with Crippen molar-refractivity contribution in [3.63, 3.8) is 0 Å². The fourth-order valence-corrected chi connectivity index (χ4v) is 6.10. The number of piperidine rings is 1. The maximum Gasteiger partial charge on any atom is 0.406 e. The van der Waals surface area contributed by atoms with Gasteiger partial charge in [0.1, 0.15) is 5.82 Å². The second kappa shape index (κ2) is 15.6. The number of amides is 3. The van der Waals surface area contributed by atoms with E-state index in [2.05, 4.69) is 15.4 Å². The van der Waals surface area contributed by atoms with Crippen LogP contribution in [-0.2, 0) is 21.7 Å². The molecular weight excluding hydrogens is 575 g/mol. The summed E-state index contributed by atoms with van der Waals surface area (Å²) in [6.45, 7) is 4.06. The highest BCUT2D eigenvalue weighted by Gasteiger charge is 2.43. The van der Waals surface area contributed by atoms with E-state index >= 15 is 4.39 Å². The van der Waals surface area contributed by atoms with Gasteiger partial charge < -0.3 is 31.1 Å². The predicted molar refractivity (Wildman–Crippen MR) is 171 cm³/mol. The molecule has 1 saturated heterocycles. The van der Waals surface area contributed by atoms with Crippen molar-refractivity contribution in [1.29, 1.82) is 0 Å². The number of halogens is 1. The summed E-state index contributed by atoms with van der Waals surface area (Å²) in [4.78, 5) is 38.0. The molecule has 2 atom stereocenters. The van der Waals surface area contributed by atoms with Gasteiger partial charge in [0.15, 0.2) is 0 Å². The maximum atomic E-state index is 15.6. The molecule has 0 radical (unpaired) electrons. The Morgan fingerprint density at radius 1 is 1.09 bits per heavy atom. The zero-order chi connectivity index (χ0) is 32.4. The first-order valence-electron chi connectivity index (χ1n) is 15.4. The molecule has 1 fully saturated rings. The fourth-order valence-electron chi connectivity index (χ4n) is 6.10. The Bertz CT molecular complexity index is 1480. The largest absolute Gasteiger partial charge is 0.453 e. The van der Waals surface area contributed by atoms with E-state index in [1.54, 1.807) is 29.2 Å². The van der Waals surface area contributed by atoms with E-state index < -0.39 is 17.5 Å². The summed E-state index contributed by atoms with van der Waals surface area (Å²) >= 11 is 0. The number of hydrogen-bond donors (Lipinski definition) is 4. The third kappa shape index (κ3) is 8.67. The number of methoxy groups -OCH3 is 1. The topological polar surface area (TPSA) is 134 Å². The standard InChI is InChI=1S/C35H43FN4O5/c1-24-7-3-8-27(21-24)32-29(10-4-11-30(32)36)35(44,17-6-18-39-34(43)45-2)28-9-5-20-40(23-28)33(42)26-14-12-25(13-15-26)22-38-19-16-31(37)41/h3-4,7-8,10-15,21,28,38,44H,5-6,9,16-20,22-23H2,1-2H3,(H2,37,41)(H,39,43)/t28-,35+/m1/s1. The summed E-state index contributed by atoms with van der Waals surface area (Å²) in [7, 11) is 1.29. The molecule has 1 heterocycles. The Balaban J connectivity index is 1.59. The number of nitrogens with zero attached hydrogens (tertiary/aromatic N) is 1. The van der Waals surface area contributed by atoms with Gasteiger partial charge in [-0.1, -0.05) is 54.1 Å². The van der Waals surface area contributed by atoms with Crippen molar-refractivity contribution in [2.24, 2.45) is 11.7 Å². The first kappa shape index (κ1) is 33.6. The van der Waals surface area contributed by atoms with Crippen LogP contribution in [0.15, 0.2) is 66.7 Å². The van der Waals surface area contributed by atoms with Crippen LogP contribution in [0.1, 0.15) is 59.2 Å². The van der Waals surface area contributed by atoms with Crippen LogP contribution in [0.3, 0.4) is 0 Å². The lowest BCUT2D eigenvalue weighted by atomic mass is 9.72. The summed E-state index contributed by atoms with van der Waals surface area (Å²) in [6, 6.07) is 19.6. The Morgan fingerprint density at radius 2 is 1.84 bits per heavy atom. The molecule has 1 aliphatic heterocycles. The number of nitrogens with one attached hydrogen (secondary N) is 2. The molecule has 0 aromatic heterocycles. The van der Waals surface area contributed by atoms with E-state index in [1.807, 2.05) is 43.3 Å². The first-order valence-corrected chi connectivity index (χ1v) is 15.4. The summed E-state index contributed by atoms with van der Waals surface area (Å²) < 4.78 is 20.3. The average molecular weight is 619 g/mol. The predicted octanol–water partition coefficient (Wildman–Crippen LogP) is 4.64. The number of aliphatic hydroxyl groups is 1. The van der Waals surface area contributed by atoms with Crippen LogP contribution >= 0.6 is 0 Å². The SMILES string of the molecule is COC(=O)NCCC[C@@](O)(c1cccc(F)c1-c1cccc(C)c1)[C@@H]1CCCN(C(=O)c2ccc(CNCCC(N)=O)cc2)C1. The molecule has 1 aliphatic rings. The Kier molecular flexibility index (Phi) is 11.7. The number of hydrogen-bond acceptors (Lipinski definition) is 6. The summed E-state index contributed by atoms with van der Waals surface area (Å²) in [5.74, 6) is -1.32. The smallest absolute Gasteiger partial charge is 0.406 e. The van der Waals surface area contributed by atoms with Crippen LogP contribution in [0.25, 0.3) is 11.1 Å². The molecule has 0 saturated carbocycles. The molecule has 3 amide bonds. The van der Waals surface area contributed by atoms with Gasteiger partial charge in [-0.25, -0.2) is 9.18 Å². The summed E-state index contributed by atoms with van der Waals surface area (Å²) in [5.41, 5.74) is 7.65. The van der Waals surface area contributed by atoms with Gasteiger partial charge in [0, 0.05) is 56.2 Å². The van der Waals surface area contributed by atoms with Crippen molar-refractivity contribution in [2.45, 2.75) is 51.2 Å². The van der Waals surface area contributed by atoms with Crippen molar-refractivity contribution in [3.05, 3.63) is 94.8 Å². The molecule has 0 bridgehead atoms. The quantitative estimate of drug-likeness (QED) is 0.206. The number of alkyl carbamates (subject to hydrolysis) is 1. The molecule has 4 rings (SSSR count). The van der Waals surface area contributed by atoms with Crippen LogP contribution < -0.4 is 16.4 Å². The van der Waals surface area contributed by atoms with Crippen LogP contribution in [-0.4, -0.2) is 61.2 Å². The van der Waals surface area contributed by atoms with Gasteiger partial charge >= 0.3 is 6.09 Å². The van der Waals surface area contributed by atoms with Gasteiger partial charge in [0.2, 0.25) is 5.91 Å². The minimum absolute atomic E-state index is 0.138. The number of rotatable bonds is 13. The zero-order valence-electron chi connectivity index (χ0n) is 26.0. The van der Waals surface area contributed by atoms with Gasteiger partial charge in [-0.05, 0) is 67.5 Å². The van der Waals surface area contributed by atoms with Gasteiger partial charge in [-0.3, -0.25) is 9.59 Å². The Morgan fingerprint density at radius 3 is 2.56 bits per heavy atom. The second-order valence-corrected chi connectivity index (χ2v) is 11.7. The lowest BCUT2D eigenvalue weighted by Gasteiger charge is -2.43. The van der Waals surface area contributed by atoms with E-state index in [0.29, 0.717) is 67.7 Å². The van der Waals surface area contributed by atoms with E-state index in [9.17, 15) is 19.5 Å². The van der Waals surface area contributed by atoms with Gasteiger partial charge in [0.25, 0.3) is 5.91 Å². The van der Waals surface area contributed by atoms with Crippen LogP contribution in [0, 0.1) is 18.7 Å². The highest BCUT2D eigenvalue weighted by molar-refractivity contribution is 5.94. The number of carbonyl (C=O) groups is 3. The molecule has 9 nitrogen and oxygen atoms in total. The monoisotopic (exact) mass is 618 g/mol. The maximum absolute atomic E-state index is 15.6. The van der Waals surface area contributed by atoms with Crippen molar-refractivity contribution < 1.29 is 28.6 Å². The molecule has 240 valence electrons. The lowest BCUT2D eigenvalue weighted by molar-refractivity contribution is -0.117. The normalized spacial score (nSPS) is 16.1. The van der Waals surface area contributed by atoms with Crippen LogP contribution in [0.2, 0.25) is 0 Å². The summed E-state index contributed by atoms with van der Waals surface area (Å²) in [6.07, 6.45) is 1.66. The molecule has 10 heteroatoms. The highest BCUT2D eigenvalue weighted by atomic mass is 19.1. The number of primary amides is 1. The zero-order valence-corrected chi connectivity index (χ0v) is 26.0. The van der Waals surface area contributed by atoms with Crippen molar-refractivity contribution >= 4 is 17.9 Å². The lowest BCUT2D eigenvalue weighted by Crippen LogP contribution is -2.48. The molecule has 0 aliphatic carbocycles. The third-order valence-electron chi connectivity index (χ3n) is 8.44. The van der Waals surface area contributed by atoms with Crippen LogP contribution in [0.5, 0.6) is 0 Å². The Hall–Kier alpha value is -4.28. The molecule has 5 N–H and O–H groups in total. The van der Waals surface area contributed by atoms with Crippen molar-refractivity contribution in [1.82, 2.24) is 15.5 Å². The molecule has 0 unspecified atom stereocenters. The first-order chi connectivity index (χ1) is 21.6. The van der Waals surface area contributed by atoms with E-state index in [4.69, 9.17) is 5.73 Å². The number of nitrogens with two attached hydrogens (primary N) is 1. The van der Waals surface area contributed by atoms with E-state index in [1.165, 1.54) is 13.2 Å². The number of carbonyl (C=O) groups excluding carboxylic acids is 3. The third-order valence-corrected chi connectivity index (χ3v) is 8.44. The molecule has 3 aromatic rings. The fraction of sp³-hybridized carbons (Fsp3) is 0.400. The van der Waals surface area contributed by atoms with Crippen molar-refractivity contribution in [3.8, 4) is 11.1 Å². The molecule has 3 aromatic carbocycles. The summed E-state index contributed by atoms with van der Waals surface area (Å²) in [5, 5.41) is 18.4.